The van der Waals surface area contributed by atoms with Crippen molar-refractivity contribution < 1.29 is 4.74 Å². The summed E-state index contributed by atoms with van der Waals surface area (Å²) in [6.07, 6.45) is 3.85. The number of hydrogen-bond acceptors (Lipinski definition) is 5. The van der Waals surface area contributed by atoms with E-state index in [-0.39, 0.29) is 0 Å². The highest BCUT2D eigenvalue weighted by Crippen LogP contribution is 2.38. The minimum Gasteiger partial charge on any atom is -0.497 e. The van der Waals surface area contributed by atoms with Crippen LogP contribution in [0, 0.1) is 11.8 Å². The number of fused-ring (bicyclic) bond motifs is 1. The fourth-order valence-electron chi connectivity index (χ4n) is 3.88. The van der Waals surface area contributed by atoms with Crippen LogP contribution in [0.15, 0.2) is 30.6 Å². The van der Waals surface area contributed by atoms with Gasteiger partial charge in [0.05, 0.1) is 12.7 Å². The van der Waals surface area contributed by atoms with Gasteiger partial charge in [0.2, 0.25) is 0 Å². The van der Waals surface area contributed by atoms with Crippen LogP contribution in [0.3, 0.4) is 0 Å². The van der Waals surface area contributed by atoms with Crippen molar-refractivity contribution in [3.8, 4) is 16.9 Å². The van der Waals surface area contributed by atoms with Crippen LogP contribution >= 0.6 is 11.6 Å². The normalized spacial score (nSPS) is 15.7. The molecule has 1 fully saturated rings. The van der Waals surface area contributed by atoms with E-state index in [0.717, 1.165) is 54.5 Å². The van der Waals surface area contributed by atoms with E-state index in [9.17, 15) is 0 Å². The summed E-state index contributed by atoms with van der Waals surface area (Å²) in [6, 6.07) is 7.89. The minimum absolute atomic E-state index is 0.446. The fourth-order valence-corrected chi connectivity index (χ4v) is 4.15. The molecule has 142 valence electrons. The van der Waals surface area contributed by atoms with Crippen LogP contribution in [0.2, 0.25) is 5.15 Å². The molecule has 6 nitrogen and oxygen atoms in total. The molecule has 3 heterocycles. The molecule has 7 heteroatoms. The summed E-state index contributed by atoms with van der Waals surface area (Å²) in [4.78, 5) is 11.1. The zero-order valence-electron chi connectivity index (χ0n) is 15.9. The summed E-state index contributed by atoms with van der Waals surface area (Å²) in [7, 11) is 1.66. The number of halogens is 1. The quantitative estimate of drug-likeness (QED) is 0.626. The molecular weight excluding hydrogens is 362 g/mol. The first-order valence-corrected chi connectivity index (χ1v) is 9.75. The first-order chi connectivity index (χ1) is 13.1. The Morgan fingerprint density at radius 3 is 2.48 bits per heavy atom. The molecule has 0 bridgehead atoms. The smallest absolute Gasteiger partial charge is 0.255 e. The van der Waals surface area contributed by atoms with Crippen LogP contribution in [-0.4, -0.2) is 39.8 Å². The number of piperidine rings is 1. The Hall–Kier alpha value is -2.34. The van der Waals surface area contributed by atoms with Gasteiger partial charge in [0.15, 0.2) is 0 Å². The predicted molar refractivity (Wildman–Crippen MR) is 108 cm³/mol. The van der Waals surface area contributed by atoms with Gasteiger partial charge in [-0.25, -0.2) is 0 Å². The van der Waals surface area contributed by atoms with Gasteiger partial charge in [0.1, 0.15) is 23.0 Å². The van der Waals surface area contributed by atoms with Crippen molar-refractivity contribution in [2.45, 2.75) is 26.7 Å². The lowest BCUT2D eigenvalue weighted by Crippen LogP contribution is -2.37. The predicted octanol–water partition coefficient (Wildman–Crippen LogP) is 4.33. The molecule has 1 saturated heterocycles. The maximum absolute atomic E-state index is 6.62. The molecular formula is C20H24ClN5O. The van der Waals surface area contributed by atoms with Gasteiger partial charge in [-0.2, -0.15) is 19.6 Å². The van der Waals surface area contributed by atoms with Crippen molar-refractivity contribution in [1.29, 1.82) is 0 Å². The van der Waals surface area contributed by atoms with Gasteiger partial charge < -0.3 is 9.64 Å². The minimum atomic E-state index is 0.446. The van der Waals surface area contributed by atoms with Gasteiger partial charge in [0.25, 0.3) is 5.78 Å². The van der Waals surface area contributed by atoms with Crippen LogP contribution in [0.1, 0.15) is 26.7 Å². The Kier molecular flexibility index (Phi) is 4.91. The largest absolute Gasteiger partial charge is 0.497 e. The maximum atomic E-state index is 6.62. The van der Waals surface area contributed by atoms with Crippen LogP contribution in [0.25, 0.3) is 16.9 Å². The highest BCUT2D eigenvalue weighted by Gasteiger charge is 2.27. The van der Waals surface area contributed by atoms with Crippen molar-refractivity contribution in [2.24, 2.45) is 11.8 Å². The van der Waals surface area contributed by atoms with E-state index in [2.05, 4.69) is 33.8 Å². The molecule has 2 aromatic heterocycles. The Labute approximate surface area is 164 Å². The zero-order valence-corrected chi connectivity index (χ0v) is 16.6. The lowest BCUT2D eigenvalue weighted by molar-refractivity contribution is 0.310. The van der Waals surface area contributed by atoms with Crippen molar-refractivity contribution in [3.63, 3.8) is 0 Å². The summed E-state index contributed by atoms with van der Waals surface area (Å²) in [5.74, 6) is 3.77. The zero-order chi connectivity index (χ0) is 19.0. The Balaban J connectivity index is 1.81. The van der Waals surface area contributed by atoms with E-state index >= 15 is 0 Å². The van der Waals surface area contributed by atoms with E-state index in [1.807, 2.05) is 24.3 Å². The van der Waals surface area contributed by atoms with E-state index in [4.69, 9.17) is 16.3 Å². The number of nitrogens with zero attached hydrogens (tertiary/aromatic N) is 5. The third-order valence-electron chi connectivity index (χ3n) is 5.52. The summed E-state index contributed by atoms with van der Waals surface area (Å²) in [5.41, 5.74) is 1.88. The second kappa shape index (κ2) is 7.35. The first kappa shape index (κ1) is 18.0. The molecule has 0 amide bonds. The summed E-state index contributed by atoms with van der Waals surface area (Å²) >= 11 is 6.62. The van der Waals surface area contributed by atoms with Gasteiger partial charge in [-0.1, -0.05) is 37.6 Å². The molecule has 1 aromatic carbocycles. The van der Waals surface area contributed by atoms with E-state index in [1.165, 1.54) is 6.33 Å². The number of ether oxygens (including phenoxy) is 1. The fraction of sp³-hybridized carbons (Fsp3) is 0.450. The topological polar surface area (TPSA) is 55.6 Å². The van der Waals surface area contributed by atoms with E-state index in [1.54, 1.807) is 11.6 Å². The standard InChI is InChI=1S/C20H24ClN5O/c1-13(2)14-8-10-25(11-9-14)19-17(15-4-6-16(27-3)7-5-15)18(21)24-20-22-12-23-26(19)20/h4-7,12-14H,8-11H2,1-3H3. The van der Waals surface area contributed by atoms with Gasteiger partial charge in [-0.05, 0) is 42.4 Å². The first-order valence-electron chi connectivity index (χ1n) is 9.37. The van der Waals surface area contributed by atoms with Crippen LogP contribution in [-0.2, 0) is 0 Å². The van der Waals surface area contributed by atoms with E-state index in [0.29, 0.717) is 16.8 Å². The molecule has 0 atom stereocenters. The van der Waals surface area contributed by atoms with Gasteiger partial charge >= 0.3 is 0 Å². The lowest BCUT2D eigenvalue weighted by Gasteiger charge is -2.36. The van der Waals surface area contributed by atoms with Crippen LogP contribution < -0.4 is 9.64 Å². The monoisotopic (exact) mass is 385 g/mol. The molecule has 0 spiro atoms. The third kappa shape index (κ3) is 3.34. The SMILES string of the molecule is COc1ccc(-c2c(Cl)nc3ncnn3c2N2CCC(C(C)C)CC2)cc1. The van der Waals surface area contributed by atoms with Crippen molar-refractivity contribution in [3.05, 3.63) is 35.7 Å². The molecule has 27 heavy (non-hydrogen) atoms. The number of methoxy groups -OCH3 is 1. The Morgan fingerprint density at radius 1 is 1.15 bits per heavy atom. The molecule has 0 saturated carbocycles. The molecule has 0 unspecified atom stereocenters. The van der Waals surface area contributed by atoms with Gasteiger partial charge in [0, 0.05) is 13.1 Å². The Bertz CT molecular complexity index is 929. The summed E-state index contributed by atoms with van der Waals surface area (Å²) in [5, 5.41) is 4.87. The van der Waals surface area contributed by atoms with Crippen molar-refractivity contribution >= 4 is 23.2 Å². The molecule has 3 aromatic rings. The average molecular weight is 386 g/mol. The molecule has 1 aliphatic heterocycles. The Morgan fingerprint density at radius 2 is 1.85 bits per heavy atom. The average Bonchev–Trinajstić information content (AvgIpc) is 3.15. The molecule has 0 aliphatic carbocycles. The second-order valence-electron chi connectivity index (χ2n) is 7.37. The van der Waals surface area contributed by atoms with Crippen molar-refractivity contribution in [1.82, 2.24) is 19.6 Å². The van der Waals surface area contributed by atoms with Crippen LogP contribution in [0.5, 0.6) is 5.75 Å². The van der Waals surface area contributed by atoms with Crippen molar-refractivity contribution in [2.75, 3.05) is 25.1 Å². The van der Waals surface area contributed by atoms with E-state index < -0.39 is 0 Å². The molecule has 0 N–H and O–H groups in total. The number of aromatic nitrogens is 4. The van der Waals surface area contributed by atoms with Crippen LogP contribution in [0.4, 0.5) is 5.82 Å². The molecule has 0 radical (unpaired) electrons. The second-order valence-corrected chi connectivity index (χ2v) is 7.73. The molecule has 4 rings (SSSR count). The summed E-state index contributed by atoms with van der Waals surface area (Å²) < 4.78 is 7.09. The number of hydrogen-bond donors (Lipinski definition) is 0. The highest BCUT2D eigenvalue weighted by molar-refractivity contribution is 6.33. The maximum Gasteiger partial charge on any atom is 0.255 e. The number of benzene rings is 1. The lowest BCUT2D eigenvalue weighted by atomic mass is 9.86. The van der Waals surface area contributed by atoms with Gasteiger partial charge in [-0.3, -0.25) is 0 Å². The molecule has 1 aliphatic rings. The number of rotatable bonds is 4. The summed E-state index contributed by atoms with van der Waals surface area (Å²) in [6.45, 7) is 6.56. The number of anilines is 1. The van der Waals surface area contributed by atoms with Gasteiger partial charge in [-0.15, -0.1) is 0 Å². The third-order valence-corrected chi connectivity index (χ3v) is 5.79. The highest BCUT2D eigenvalue weighted by atomic mass is 35.5.